The minimum atomic E-state index is -1.26. The second kappa shape index (κ2) is 11.8. The summed E-state index contributed by atoms with van der Waals surface area (Å²) in [5.41, 5.74) is -3.99. The van der Waals surface area contributed by atoms with Crippen LogP contribution in [0.25, 0.3) is 0 Å². The number of methoxy groups -OCH3 is 1. The molecule has 0 aromatic carbocycles. The van der Waals surface area contributed by atoms with Crippen LogP contribution in [-0.4, -0.2) is 108 Å². The summed E-state index contributed by atoms with van der Waals surface area (Å²) in [7, 11) is 1.59. The van der Waals surface area contributed by atoms with Gasteiger partial charge in [-0.15, -0.1) is 6.42 Å². The number of hydrogen-bond acceptors (Lipinski definition) is 11. The van der Waals surface area contributed by atoms with Crippen LogP contribution in [-0.2, 0) is 37.9 Å². The molecule has 11 nitrogen and oxygen atoms in total. The van der Waals surface area contributed by atoms with E-state index in [1.165, 1.54) is 0 Å². The number of hydrogen-bond donors (Lipinski definition) is 3. The topological polar surface area (TPSA) is 135 Å². The minimum Gasteiger partial charge on any atom is -0.389 e. The third kappa shape index (κ3) is 5.11. The van der Waals surface area contributed by atoms with E-state index in [1.807, 2.05) is 34.6 Å². The lowest BCUT2D eigenvalue weighted by Gasteiger charge is -2.71. The largest absolute Gasteiger partial charge is 0.389 e. The molecular weight excluding hydrogens is 620 g/mol. The van der Waals surface area contributed by atoms with Crippen LogP contribution in [0.3, 0.4) is 0 Å². The van der Waals surface area contributed by atoms with E-state index in [0.717, 1.165) is 0 Å². The Balaban J connectivity index is 1.25. The molecule has 16 atom stereocenters. The molecule has 7 aliphatic rings. The Morgan fingerprint density at radius 3 is 2.40 bits per heavy atom. The van der Waals surface area contributed by atoms with Crippen LogP contribution < -0.4 is 0 Å². The molecule has 3 heterocycles. The van der Waals surface area contributed by atoms with Crippen molar-refractivity contribution >= 4 is 0 Å². The fourth-order valence-corrected chi connectivity index (χ4v) is 11.7. The van der Waals surface area contributed by atoms with Crippen LogP contribution in [0.1, 0.15) is 93.4 Å². The molecule has 48 heavy (non-hydrogen) atoms. The third-order valence-electron chi connectivity index (χ3n) is 14.1. The first-order chi connectivity index (χ1) is 22.4. The first-order valence-electron chi connectivity index (χ1n) is 18.1. The second-order valence-corrected chi connectivity index (χ2v) is 17.3. The van der Waals surface area contributed by atoms with Gasteiger partial charge in [-0.3, -0.25) is 0 Å². The maximum atomic E-state index is 13.1. The SMILES string of the molecule is C#CC(O)[C@H]1CC[C@]2(O)C3CC[C@]4(O)C[C@@H](O[C@@H]5O[C@@H](C)[C@H](C)[C@H]6OC(C)(C)O[C@@H]56)C[C@H]5OC(C)(C)OC[C@]54C3[C@H](OCOC)C[C@]12C. The highest BCUT2D eigenvalue weighted by Crippen LogP contribution is 2.72. The predicted octanol–water partition coefficient (Wildman–Crippen LogP) is 3.50. The average molecular weight is 679 g/mol. The number of terminal acetylenes is 1. The van der Waals surface area contributed by atoms with Gasteiger partial charge in [-0.05, 0) is 72.6 Å². The summed E-state index contributed by atoms with van der Waals surface area (Å²) in [6.45, 7) is 14.1. The normalized spacial score (nSPS) is 54.2. The quantitative estimate of drug-likeness (QED) is 0.217. The van der Waals surface area contributed by atoms with E-state index in [0.29, 0.717) is 44.9 Å². The van der Waals surface area contributed by atoms with Crippen molar-refractivity contribution < 1.29 is 53.2 Å². The zero-order valence-electron chi connectivity index (χ0n) is 30.0. The Hall–Kier alpha value is -0.880. The van der Waals surface area contributed by atoms with Gasteiger partial charge in [0.15, 0.2) is 17.9 Å². The van der Waals surface area contributed by atoms with E-state index < -0.39 is 70.4 Å². The Labute approximate surface area is 285 Å². The van der Waals surface area contributed by atoms with Crippen molar-refractivity contribution in [3.05, 3.63) is 0 Å². The highest BCUT2D eigenvalue weighted by Gasteiger charge is 2.77. The molecule has 4 aliphatic carbocycles. The van der Waals surface area contributed by atoms with E-state index in [1.54, 1.807) is 7.11 Å². The first kappa shape index (κ1) is 35.5. The van der Waals surface area contributed by atoms with Gasteiger partial charge in [0.25, 0.3) is 0 Å². The molecule has 3 N–H and O–H groups in total. The van der Waals surface area contributed by atoms with Crippen molar-refractivity contribution in [2.75, 3.05) is 20.5 Å². The van der Waals surface area contributed by atoms with Crippen LogP contribution in [0.5, 0.6) is 0 Å². The molecule has 4 saturated carbocycles. The fraction of sp³-hybridized carbons (Fsp3) is 0.946. The smallest absolute Gasteiger partial charge is 0.187 e. The minimum absolute atomic E-state index is 0.0550. The van der Waals surface area contributed by atoms with Crippen molar-refractivity contribution in [1.29, 1.82) is 0 Å². The molecule has 0 amide bonds. The van der Waals surface area contributed by atoms with Gasteiger partial charge in [0.2, 0.25) is 0 Å². The maximum Gasteiger partial charge on any atom is 0.187 e. The summed E-state index contributed by atoms with van der Waals surface area (Å²) in [4.78, 5) is 0. The first-order valence-corrected chi connectivity index (χ1v) is 18.1. The average Bonchev–Trinajstić information content (AvgIpc) is 3.49. The van der Waals surface area contributed by atoms with Crippen LogP contribution in [0.2, 0.25) is 0 Å². The molecular formula is C37H58O11. The fourth-order valence-electron chi connectivity index (χ4n) is 11.7. The van der Waals surface area contributed by atoms with E-state index >= 15 is 0 Å². The van der Waals surface area contributed by atoms with Gasteiger partial charge in [0.1, 0.15) is 19.0 Å². The van der Waals surface area contributed by atoms with Gasteiger partial charge in [-0.25, -0.2) is 0 Å². The van der Waals surface area contributed by atoms with Crippen molar-refractivity contribution in [2.45, 2.75) is 165 Å². The molecule has 1 spiro atoms. The third-order valence-corrected chi connectivity index (χ3v) is 14.1. The molecule has 11 heteroatoms. The molecule has 0 aromatic rings. The van der Waals surface area contributed by atoms with Gasteiger partial charge in [0.05, 0.1) is 53.7 Å². The number of aliphatic hydroxyl groups is 3. The lowest BCUT2D eigenvalue weighted by molar-refractivity contribution is -0.410. The van der Waals surface area contributed by atoms with Crippen LogP contribution in [0.4, 0.5) is 0 Å². The van der Waals surface area contributed by atoms with Gasteiger partial charge in [-0.2, -0.15) is 0 Å². The van der Waals surface area contributed by atoms with Crippen molar-refractivity contribution in [3.8, 4) is 12.3 Å². The molecule has 0 aromatic heterocycles. The Morgan fingerprint density at radius 1 is 0.958 bits per heavy atom. The van der Waals surface area contributed by atoms with Crippen molar-refractivity contribution in [1.82, 2.24) is 0 Å². The van der Waals surface area contributed by atoms with Crippen molar-refractivity contribution in [3.63, 3.8) is 0 Å². The molecule has 7 rings (SSSR count). The zero-order valence-corrected chi connectivity index (χ0v) is 30.0. The lowest BCUT2D eigenvalue weighted by Crippen LogP contribution is -2.78. The summed E-state index contributed by atoms with van der Waals surface area (Å²) in [6, 6.07) is 0. The van der Waals surface area contributed by atoms with E-state index in [2.05, 4.69) is 19.8 Å². The number of fused-ring (bicyclic) bond motifs is 4. The number of ether oxygens (including phenoxy) is 8. The highest BCUT2D eigenvalue weighted by atomic mass is 16.8. The van der Waals surface area contributed by atoms with Gasteiger partial charge >= 0.3 is 0 Å². The molecule has 3 aliphatic heterocycles. The lowest BCUT2D eigenvalue weighted by atomic mass is 9.40. The molecule has 3 saturated heterocycles. The van der Waals surface area contributed by atoms with E-state index in [9.17, 15) is 15.3 Å². The summed E-state index contributed by atoms with van der Waals surface area (Å²) in [6.07, 6.45) is 5.54. The van der Waals surface area contributed by atoms with Crippen molar-refractivity contribution in [2.24, 2.45) is 34.5 Å². The Morgan fingerprint density at radius 2 is 1.69 bits per heavy atom. The molecule has 0 bridgehead atoms. The maximum absolute atomic E-state index is 13.1. The summed E-state index contributed by atoms with van der Waals surface area (Å²) < 4.78 is 51.2. The molecule has 0 radical (unpaired) electrons. The molecule has 3 unspecified atom stereocenters. The number of rotatable bonds is 6. The van der Waals surface area contributed by atoms with Crippen LogP contribution in [0.15, 0.2) is 0 Å². The standard InChI is InChI=1S/C37H58O11/c1-10-25(38)23-12-14-37(40)24-11-13-35(39)16-22(45-31-30-29(20(2)21(3)44-31)47-33(6,7)48-30)15-27-36(35,18-43-32(4,5)46-27)28(24)26(42-19-41-9)17-34(23,37)8/h1,20-31,38-40H,11-19H2,2-9H3/t20-,21-,22-,23+,24?,25?,26+,27+,28?,29+,30+,31-,34+,35-,36+,37-/m0/s1. The van der Waals surface area contributed by atoms with Crippen LogP contribution >= 0.6 is 0 Å². The van der Waals surface area contributed by atoms with Gasteiger partial charge in [-0.1, -0.05) is 19.8 Å². The second-order valence-electron chi connectivity index (χ2n) is 17.3. The molecule has 7 fully saturated rings. The number of aliphatic hydroxyl groups excluding tert-OH is 1. The predicted molar refractivity (Wildman–Crippen MR) is 172 cm³/mol. The van der Waals surface area contributed by atoms with Gasteiger partial charge < -0.3 is 53.2 Å². The zero-order chi connectivity index (χ0) is 34.7. The highest BCUT2D eigenvalue weighted by molar-refractivity contribution is 5.26. The summed E-state index contributed by atoms with van der Waals surface area (Å²) >= 11 is 0. The van der Waals surface area contributed by atoms with Crippen LogP contribution in [0, 0.1) is 46.8 Å². The summed E-state index contributed by atoms with van der Waals surface area (Å²) in [5.74, 6) is 0.150. The molecule has 272 valence electrons. The van der Waals surface area contributed by atoms with E-state index in [-0.39, 0.29) is 49.3 Å². The monoisotopic (exact) mass is 678 g/mol. The summed E-state index contributed by atoms with van der Waals surface area (Å²) in [5, 5.41) is 36.9. The Kier molecular flexibility index (Phi) is 8.75. The Bertz CT molecular complexity index is 1270. The van der Waals surface area contributed by atoms with Gasteiger partial charge in [0, 0.05) is 43.1 Å². The van der Waals surface area contributed by atoms with E-state index in [4.69, 9.17) is 44.3 Å².